The third kappa shape index (κ3) is 4.04. The lowest BCUT2D eigenvalue weighted by atomic mass is 10.1. The second kappa shape index (κ2) is 6.65. The van der Waals surface area contributed by atoms with Crippen LogP contribution in [-0.4, -0.2) is 24.4 Å². The minimum atomic E-state index is -0.578. The van der Waals surface area contributed by atoms with Crippen molar-refractivity contribution in [2.45, 2.75) is 25.6 Å². The van der Waals surface area contributed by atoms with E-state index in [1.54, 1.807) is 4.90 Å². The van der Waals surface area contributed by atoms with Crippen LogP contribution in [0.25, 0.3) is 0 Å². The van der Waals surface area contributed by atoms with E-state index in [0.29, 0.717) is 5.92 Å². The van der Waals surface area contributed by atoms with Gasteiger partial charge in [-0.05, 0) is 11.5 Å². The average Bonchev–Trinajstić information content (AvgIpc) is 2.37. The molecule has 0 aliphatic rings. The van der Waals surface area contributed by atoms with Crippen LogP contribution in [0.3, 0.4) is 0 Å². The van der Waals surface area contributed by atoms with Crippen molar-refractivity contribution in [3.63, 3.8) is 0 Å². The van der Waals surface area contributed by atoms with E-state index in [4.69, 9.17) is 11.6 Å². The third-order valence-corrected chi connectivity index (χ3v) is 3.41. The monoisotopic (exact) mass is 253 g/mol. The van der Waals surface area contributed by atoms with Gasteiger partial charge in [0.15, 0.2) is 0 Å². The molecule has 94 valence electrons. The number of amides is 1. The van der Waals surface area contributed by atoms with Crippen LogP contribution in [0.4, 0.5) is 0 Å². The predicted molar refractivity (Wildman–Crippen MR) is 72.1 cm³/mol. The molecule has 1 aromatic rings. The van der Waals surface area contributed by atoms with Gasteiger partial charge in [0.2, 0.25) is 5.91 Å². The Morgan fingerprint density at radius 2 is 1.94 bits per heavy atom. The van der Waals surface area contributed by atoms with E-state index in [2.05, 4.69) is 13.8 Å². The van der Waals surface area contributed by atoms with Gasteiger partial charge in [-0.25, -0.2) is 0 Å². The molecule has 0 bridgehead atoms. The molecule has 1 amide bonds. The van der Waals surface area contributed by atoms with Gasteiger partial charge in [0.05, 0.1) is 0 Å². The molecule has 0 aliphatic heterocycles. The fourth-order valence-electron chi connectivity index (χ4n) is 1.64. The number of benzene rings is 1. The molecule has 1 aromatic carbocycles. The smallest absolute Gasteiger partial charge is 0.244 e. The van der Waals surface area contributed by atoms with Crippen molar-refractivity contribution in [2.75, 3.05) is 13.6 Å². The summed E-state index contributed by atoms with van der Waals surface area (Å²) in [4.78, 5) is 13.8. The molecule has 0 spiro atoms. The summed E-state index contributed by atoms with van der Waals surface area (Å²) in [7, 11) is 1.81. The summed E-state index contributed by atoms with van der Waals surface area (Å²) in [6.07, 6.45) is 1.07. The van der Waals surface area contributed by atoms with Crippen LogP contribution in [0.2, 0.25) is 0 Å². The van der Waals surface area contributed by atoms with E-state index >= 15 is 0 Å². The Kier molecular flexibility index (Phi) is 5.49. The number of halogens is 1. The van der Waals surface area contributed by atoms with Gasteiger partial charge in [-0.2, -0.15) is 0 Å². The van der Waals surface area contributed by atoms with E-state index in [1.165, 1.54) is 0 Å². The number of alkyl halides is 1. The molecule has 1 rings (SSSR count). The first-order valence-corrected chi connectivity index (χ1v) is 6.43. The van der Waals surface area contributed by atoms with Crippen molar-refractivity contribution in [1.82, 2.24) is 4.90 Å². The van der Waals surface area contributed by atoms with Gasteiger partial charge < -0.3 is 4.90 Å². The number of nitrogens with zero attached hydrogens (tertiary/aromatic N) is 1. The summed E-state index contributed by atoms with van der Waals surface area (Å²) in [5, 5.41) is -0.578. The van der Waals surface area contributed by atoms with E-state index in [1.807, 2.05) is 37.4 Å². The van der Waals surface area contributed by atoms with Crippen LogP contribution in [0.5, 0.6) is 0 Å². The topological polar surface area (TPSA) is 20.3 Å². The molecule has 0 aromatic heterocycles. The van der Waals surface area contributed by atoms with Crippen molar-refractivity contribution in [3.8, 4) is 0 Å². The molecular formula is C14H20ClNO. The SMILES string of the molecule is CCC(C)CN(C)C(=O)C(Cl)c1ccccc1. The Balaban J connectivity index is 2.64. The second-order valence-electron chi connectivity index (χ2n) is 4.51. The summed E-state index contributed by atoms with van der Waals surface area (Å²) in [6.45, 7) is 5.01. The van der Waals surface area contributed by atoms with Crippen LogP contribution in [0, 0.1) is 5.92 Å². The highest BCUT2D eigenvalue weighted by Crippen LogP contribution is 2.22. The number of carbonyl (C=O) groups is 1. The fraction of sp³-hybridized carbons (Fsp3) is 0.500. The number of hydrogen-bond acceptors (Lipinski definition) is 1. The maximum absolute atomic E-state index is 12.1. The van der Waals surface area contributed by atoms with Crippen molar-refractivity contribution in [3.05, 3.63) is 35.9 Å². The van der Waals surface area contributed by atoms with Gasteiger partial charge in [0.25, 0.3) is 0 Å². The van der Waals surface area contributed by atoms with E-state index < -0.39 is 5.38 Å². The van der Waals surface area contributed by atoms with Crippen molar-refractivity contribution in [1.29, 1.82) is 0 Å². The Bertz CT molecular complexity index is 352. The minimum absolute atomic E-state index is 0.0295. The quantitative estimate of drug-likeness (QED) is 0.736. The third-order valence-electron chi connectivity index (χ3n) is 2.97. The highest BCUT2D eigenvalue weighted by molar-refractivity contribution is 6.30. The van der Waals surface area contributed by atoms with E-state index in [9.17, 15) is 4.79 Å². The molecule has 3 heteroatoms. The molecule has 0 heterocycles. The van der Waals surface area contributed by atoms with Crippen LogP contribution in [0.15, 0.2) is 30.3 Å². The number of likely N-dealkylation sites (N-methyl/N-ethyl adjacent to an activating group) is 1. The Labute approximate surface area is 109 Å². The van der Waals surface area contributed by atoms with Gasteiger partial charge in [-0.3, -0.25) is 4.79 Å². The molecular weight excluding hydrogens is 234 g/mol. The highest BCUT2D eigenvalue weighted by Gasteiger charge is 2.21. The normalized spacial score (nSPS) is 14.1. The molecule has 0 saturated heterocycles. The zero-order valence-corrected chi connectivity index (χ0v) is 11.4. The van der Waals surface area contributed by atoms with Crippen molar-refractivity contribution >= 4 is 17.5 Å². The Morgan fingerprint density at radius 3 is 2.47 bits per heavy atom. The standard InChI is InChI=1S/C14H20ClNO/c1-4-11(2)10-16(3)14(17)13(15)12-8-6-5-7-9-12/h5-9,11,13H,4,10H2,1-3H3. The lowest BCUT2D eigenvalue weighted by molar-refractivity contribution is -0.130. The summed E-state index contributed by atoms with van der Waals surface area (Å²) in [6, 6.07) is 9.47. The lowest BCUT2D eigenvalue weighted by Crippen LogP contribution is -2.33. The molecule has 0 saturated carbocycles. The summed E-state index contributed by atoms with van der Waals surface area (Å²) in [5.41, 5.74) is 0.857. The first-order chi connectivity index (χ1) is 8.06. The van der Waals surface area contributed by atoms with E-state index in [0.717, 1.165) is 18.5 Å². The molecule has 17 heavy (non-hydrogen) atoms. The van der Waals surface area contributed by atoms with Crippen molar-refractivity contribution in [2.24, 2.45) is 5.92 Å². The van der Waals surface area contributed by atoms with Gasteiger partial charge >= 0.3 is 0 Å². The first kappa shape index (κ1) is 14.0. The summed E-state index contributed by atoms with van der Waals surface area (Å²) in [5.74, 6) is 0.474. The molecule has 2 atom stereocenters. The Hall–Kier alpha value is -1.02. The van der Waals surface area contributed by atoms with Crippen LogP contribution >= 0.6 is 11.6 Å². The van der Waals surface area contributed by atoms with E-state index in [-0.39, 0.29) is 5.91 Å². The molecule has 0 N–H and O–H groups in total. The molecule has 0 aliphatic carbocycles. The zero-order chi connectivity index (χ0) is 12.8. The first-order valence-electron chi connectivity index (χ1n) is 6.00. The maximum atomic E-state index is 12.1. The molecule has 2 unspecified atom stereocenters. The zero-order valence-electron chi connectivity index (χ0n) is 10.7. The van der Waals surface area contributed by atoms with Gasteiger partial charge in [0.1, 0.15) is 5.38 Å². The maximum Gasteiger partial charge on any atom is 0.244 e. The largest absolute Gasteiger partial charge is 0.344 e. The van der Waals surface area contributed by atoms with Crippen LogP contribution < -0.4 is 0 Å². The second-order valence-corrected chi connectivity index (χ2v) is 4.94. The van der Waals surface area contributed by atoms with Crippen LogP contribution in [0.1, 0.15) is 31.2 Å². The highest BCUT2D eigenvalue weighted by atomic mass is 35.5. The molecule has 2 nitrogen and oxygen atoms in total. The minimum Gasteiger partial charge on any atom is -0.344 e. The molecule has 0 fully saturated rings. The summed E-state index contributed by atoms with van der Waals surface area (Å²) >= 11 is 6.19. The fourth-order valence-corrected chi connectivity index (χ4v) is 1.96. The Morgan fingerprint density at radius 1 is 1.35 bits per heavy atom. The number of rotatable bonds is 5. The number of hydrogen-bond donors (Lipinski definition) is 0. The van der Waals surface area contributed by atoms with Gasteiger partial charge in [-0.1, -0.05) is 50.6 Å². The predicted octanol–water partition coefficient (Wildman–Crippen LogP) is 3.47. The number of carbonyl (C=O) groups excluding carboxylic acids is 1. The van der Waals surface area contributed by atoms with Crippen LogP contribution in [-0.2, 0) is 4.79 Å². The average molecular weight is 254 g/mol. The van der Waals surface area contributed by atoms with Gasteiger partial charge in [0, 0.05) is 13.6 Å². The summed E-state index contributed by atoms with van der Waals surface area (Å²) < 4.78 is 0. The van der Waals surface area contributed by atoms with Gasteiger partial charge in [-0.15, -0.1) is 11.6 Å². The molecule has 0 radical (unpaired) electrons. The van der Waals surface area contributed by atoms with Crippen molar-refractivity contribution < 1.29 is 4.79 Å². The lowest BCUT2D eigenvalue weighted by Gasteiger charge is -2.23.